The van der Waals surface area contributed by atoms with Gasteiger partial charge >= 0.3 is 5.97 Å². The summed E-state index contributed by atoms with van der Waals surface area (Å²) in [5, 5.41) is 12.9. The van der Waals surface area contributed by atoms with Crippen molar-refractivity contribution in [2.75, 3.05) is 19.5 Å². The van der Waals surface area contributed by atoms with Crippen LogP contribution in [0.15, 0.2) is 71.9 Å². The van der Waals surface area contributed by atoms with Crippen molar-refractivity contribution in [3.63, 3.8) is 0 Å². The number of alkyl halides is 1. The lowest BCUT2D eigenvalue weighted by molar-refractivity contribution is -0.0937. The van der Waals surface area contributed by atoms with E-state index in [-0.39, 0.29) is 23.8 Å². The van der Waals surface area contributed by atoms with E-state index < -0.39 is 17.7 Å². The number of carboxylic acids is 1. The SMILES string of the molecule is COc1cc(Nc2ncc3c(n2)-c2ccc(Cl)cc2C(C2C=CC=CC2(F)OC)=NC3)ccc1C(=O)O. The molecule has 0 saturated heterocycles. The molecular formula is C27H22ClFN4O4. The quantitative estimate of drug-likeness (QED) is 0.435. The van der Waals surface area contributed by atoms with Crippen LogP contribution in [0.3, 0.4) is 0 Å². The number of carbonyl (C=O) groups is 1. The van der Waals surface area contributed by atoms with E-state index in [1.54, 1.807) is 48.7 Å². The van der Waals surface area contributed by atoms with Crippen LogP contribution in [-0.4, -0.2) is 46.8 Å². The molecule has 2 unspecified atom stereocenters. The van der Waals surface area contributed by atoms with Crippen molar-refractivity contribution in [1.29, 1.82) is 0 Å². The number of nitrogens with one attached hydrogen (secondary N) is 1. The number of aromatic nitrogens is 2. The second-order valence-electron chi connectivity index (χ2n) is 8.43. The summed E-state index contributed by atoms with van der Waals surface area (Å²) < 4.78 is 26.1. The topological polar surface area (TPSA) is 106 Å². The fourth-order valence-corrected chi connectivity index (χ4v) is 4.59. The molecule has 2 heterocycles. The molecule has 0 bridgehead atoms. The van der Waals surface area contributed by atoms with Crippen molar-refractivity contribution >= 4 is 34.9 Å². The average molecular weight is 521 g/mol. The van der Waals surface area contributed by atoms with Gasteiger partial charge in [-0.3, -0.25) is 4.99 Å². The van der Waals surface area contributed by atoms with E-state index in [4.69, 9.17) is 31.1 Å². The highest BCUT2D eigenvalue weighted by Gasteiger charge is 2.41. The molecule has 0 amide bonds. The Morgan fingerprint density at radius 1 is 1.19 bits per heavy atom. The fourth-order valence-electron chi connectivity index (χ4n) is 4.42. The third-order valence-corrected chi connectivity index (χ3v) is 6.49. The maximum atomic E-state index is 15.7. The second kappa shape index (κ2) is 9.76. The smallest absolute Gasteiger partial charge is 0.339 e. The van der Waals surface area contributed by atoms with Crippen molar-refractivity contribution in [2.45, 2.75) is 12.4 Å². The highest BCUT2D eigenvalue weighted by molar-refractivity contribution is 6.31. The molecule has 2 aromatic carbocycles. The third-order valence-electron chi connectivity index (χ3n) is 6.25. The number of ether oxygens (including phenoxy) is 2. The van der Waals surface area contributed by atoms with Gasteiger partial charge in [0.2, 0.25) is 11.8 Å². The predicted octanol–water partition coefficient (Wildman–Crippen LogP) is 5.60. The molecule has 2 aliphatic rings. The van der Waals surface area contributed by atoms with Crippen LogP contribution in [-0.2, 0) is 11.3 Å². The van der Waals surface area contributed by atoms with Gasteiger partial charge in [0.25, 0.3) is 0 Å². The predicted molar refractivity (Wildman–Crippen MR) is 139 cm³/mol. The Balaban J connectivity index is 1.56. The molecule has 37 heavy (non-hydrogen) atoms. The normalized spacial score (nSPS) is 19.9. The van der Waals surface area contributed by atoms with Gasteiger partial charge in [0.15, 0.2) is 0 Å². The molecule has 8 nitrogen and oxygen atoms in total. The number of aliphatic imine (C=N–C) groups is 1. The maximum Gasteiger partial charge on any atom is 0.339 e. The first-order valence-corrected chi connectivity index (χ1v) is 11.7. The molecule has 1 aliphatic carbocycles. The first kappa shape index (κ1) is 24.6. The van der Waals surface area contributed by atoms with Gasteiger partial charge in [-0.05, 0) is 30.3 Å². The van der Waals surface area contributed by atoms with Crippen LogP contribution in [0.5, 0.6) is 5.75 Å². The number of carboxylic acid groups (broad SMARTS) is 1. The molecule has 3 aromatic rings. The number of benzene rings is 2. The number of aromatic carboxylic acids is 1. The third kappa shape index (κ3) is 4.59. The molecule has 0 saturated carbocycles. The molecular weight excluding hydrogens is 499 g/mol. The van der Waals surface area contributed by atoms with Crippen molar-refractivity contribution < 1.29 is 23.8 Å². The molecule has 188 valence electrons. The molecule has 2 atom stereocenters. The van der Waals surface area contributed by atoms with Crippen molar-refractivity contribution in [1.82, 2.24) is 9.97 Å². The number of fused-ring (bicyclic) bond motifs is 3. The zero-order chi connectivity index (χ0) is 26.2. The molecule has 1 aliphatic heterocycles. The molecule has 0 spiro atoms. The van der Waals surface area contributed by atoms with Crippen LogP contribution in [0, 0.1) is 5.92 Å². The fraction of sp³-hybridized carbons (Fsp3) is 0.185. The Kier molecular flexibility index (Phi) is 6.49. The number of halogens is 2. The van der Waals surface area contributed by atoms with E-state index in [1.165, 1.54) is 26.4 Å². The van der Waals surface area contributed by atoms with E-state index in [0.717, 1.165) is 11.1 Å². The number of rotatable bonds is 6. The number of nitrogens with zero attached hydrogens (tertiary/aromatic N) is 3. The van der Waals surface area contributed by atoms with E-state index in [1.807, 2.05) is 6.07 Å². The lowest BCUT2D eigenvalue weighted by atomic mass is 9.85. The standard InChI is InChI=1S/C27H22ClFN4O4/c1-36-22-12-17(7-9-19(22)25(34)35)32-26-31-14-15-13-30-24(21-5-3-4-10-27(21,29)37-2)20-11-16(28)6-8-18(20)23(15)33-26/h3-12,14,21H,13H2,1-2H3,(H,34,35)(H,31,32,33). The first-order chi connectivity index (χ1) is 17.8. The van der Waals surface area contributed by atoms with Crippen LogP contribution < -0.4 is 10.1 Å². The minimum Gasteiger partial charge on any atom is -0.496 e. The summed E-state index contributed by atoms with van der Waals surface area (Å²) in [6.45, 7) is 0.228. The Morgan fingerprint density at radius 3 is 2.78 bits per heavy atom. The maximum absolute atomic E-state index is 15.7. The van der Waals surface area contributed by atoms with Crippen molar-refractivity contribution in [3.05, 3.63) is 88.6 Å². The lowest BCUT2D eigenvalue weighted by Gasteiger charge is -2.31. The van der Waals surface area contributed by atoms with Gasteiger partial charge in [-0.15, -0.1) is 0 Å². The number of hydrogen-bond acceptors (Lipinski definition) is 7. The van der Waals surface area contributed by atoms with E-state index >= 15 is 4.39 Å². The zero-order valence-electron chi connectivity index (χ0n) is 19.9. The van der Waals surface area contributed by atoms with Crippen LogP contribution in [0.25, 0.3) is 11.3 Å². The Hall–Kier alpha value is -4.08. The molecule has 1 aromatic heterocycles. The van der Waals surface area contributed by atoms with Gasteiger partial charge in [-0.1, -0.05) is 35.9 Å². The van der Waals surface area contributed by atoms with Gasteiger partial charge in [0, 0.05) is 46.8 Å². The molecule has 2 N–H and O–H groups in total. The van der Waals surface area contributed by atoms with Crippen LogP contribution in [0.2, 0.25) is 5.02 Å². The lowest BCUT2D eigenvalue weighted by Crippen LogP contribution is -2.39. The number of methoxy groups -OCH3 is 2. The summed E-state index contributed by atoms with van der Waals surface area (Å²) >= 11 is 6.36. The highest BCUT2D eigenvalue weighted by atomic mass is 35.5. The largest absolute Gasteiger partial charge is 0.496 e. The minimum atomic E-state index is -2.07. The number of hydrogen-bond donors (Lipinski definition) is 2. The summed E-state index contributed by atoms with van der Waals surface area (Å²) in [5.41, 5.74) is 3.81. The summed E-state index contributed by atoms with van der Waals surface area (Å²) in [6.07, 6.45) is 8.11. The van der Waals surface area contributed by atoms with Crippen LogP contribution in [0.1, 0.15) is 21.5 Å². The summed E-state index contributed by atoms with van der Waals surface area (Å²) in [6, 6.07) is 9.92. The van der Waals surface area contributed by atoms with Gasteiger partial charge in [0.05, 0.1) is 31.0 Å². The Morgan fingerprint density at radius 2 is 2.03 bits per heavy atom. The number of anilines is 2. The van der Waals surface area contributed by atoms with E-state index in [2.05, 4.69) is 10.3 Å². The van der Waals surface area contributed by atoms with Crippen molar-refractivity contribution in [2.24, 2.45) is 10.9 Å². The molecule has 0 radical (unpaired) electrons. The Labute approximate surface area is 217 Å². The van der Waals surface area contributed by atoms with Crippen molar-refractivity contribution in [3.8, 4) is 17.0 Å². The summed E-state index contributed by atoms with van der Waals surface area (Å²) in [5.74, 6) is -3.47. The minimum absolute atomic E-state index is 0.0398. The summed E-state index contributed by atoms with van der Waals surface area (Å²) in [4.78, 5) is 25.3. The van der Waals surface area contributed by atoms with Crippen LogP contribution >= 0.6 is 11.6 Å². The second-order valence-corrected chi connectivity index (χ2v) is 8.86. The van der Waals surface area contributed by atoms with Gasteiger partial charge in [0.1, 0.15) is 11.3 Å². The molecule has 0 fully saturated rings. The number of allylic oxidation sites excluding steroid dienone is 2. The van der Waals surface area contributed by atoms with Crippen LogP contribution in [0.4, 0.5) is 16.0 Å². The van der Waals surface area contributed by atoms with Gasteiger partial charge in [-0.2, -0.15) is 0 Å². The zero-order valence-corrected chi connectivity index (χ0v) is 20.7. The molecule has 5 rings (SSSR count). The van der Waals surface area contributed by atoms with E-state index in [9.17, 15) is 9.90 Å². The molecule has 10 heteroatoms. The monoisotopic (exact) mass is 520 g/mol. The average Bonchev–Trinajstić information content (AvgIpc) is 3.05. The highest BCUT2D eigenvalue weighted by Crippen LogP contribution is 2.39. The van der Waals surface area contributed by atoms with Gasteiger partial charge in [-0.25, -0.2) is 19.2 Å². The van der Waals surface area contributed by atoms with Gasteiger partial charge < -0.3 is 19.9 Å². The van der Waals surface area contributed by atoms with E-state index in [0.29, 0.717) is 27.7 Å². The Bertz CT molecular complexity index is 1490. The first-order valence-electron chi connectivity index (χ1n) is 11.3. The summed E-state index contributed by atoms with van der Waals surface area (Å²) in [7, 11) is 2.72.